The Morgan fingerprint density at radius 1 is 0.567 bits per heavy atom. The summed E-state index contributed by atoms with van der Waals surface area (Å²) < 4.78 is 0. The van der Waals surface area contributed by atoms with Crippen LogP contribution in [0.1, 0.15) is 11.1 Å². The molecule has 0 saturated carbocycles. The maximum atomic E-state index is 9.70. The molecule has 3 rings (SSSR count). The van der Waals surface area contributed by atoms with E-state index in [4.69, 9.17) is 0 Å². The Bertz CT molecular complexity index is 974. The fraction of sp³-hybridized carbons (Fsp3) is 0.125. The Labute approximate surface area is 175 Å². The summed E-state index contributed by atoms with van der Waals surface area (Å²) in [6, 6.07) is 28.5. The Hall–Kier alpha value is -4.20. The van der Waals surface area contributed by atoms with Crippen molar-refractivity contribution in [3.8, 4) is 0 Å². The third-order valence-corrected chi connectivity index (χ3v) is 3.52. The van der Waals surface area contributed by atoms with Gasteiger partial charge in [-0.2, -0.15) is 4.99 Å². The van der Waals surface area contributed by atoms with Crippen LogP contribution in [-0.4, -0.2) is 24.8 Å². The van der Waals surface area contributed by atoms with E-state index in [0.29, 0.717) is 18.8 Å². The van der Waals surface area contributed by atoms with Gasteiger partial charge in [-0.1, -0.05) is 78.9 Å². The minimum absolute atomic E-state index is 0.435. The first-order valence-corrected chi connectivity index (χ1v) is 9.08. The number of hydrogen-bond donors (Lipinski definition) is 0. The summed E-state index contributed by atoms with van der Waals surface area (Å²) >= 11 is 0. The minimum atomic E-state index is 0.435. The van der Waals surface area contributed by atoms with Crippen LogP contribution in [0, 0.1) is 0 Å². The molecular formula is C24H21N3O3. The molecule has 150 valence electrons. The van der Waals surface area contributed by atoms with Gasteiger partial charge in [-0.3, -0.25) is 0 Å². The highest BCUT2D eigenvalue weighted by Crippen LogP contribution is 2.07. The second-order valence-corrected chi connectivity index (χ2v) is 5.64. The number of para-hydroxylation sites is 1. The summed E-state index contributed by atoms with van der Waals surface area (Å²) in [5.41, 5.74) is 2.88. The molecule has 0 saturated heterocycles. The maximum Gasteiger partial charge on any atom is 0.240 e. The Kier molecular flexibility index (Phi) is 13.5. The largest absolute Gasteiger partial charge is 0.240 e. The molecule has 0 spiro atoms. The second-order valence-electron chi connectivity index (χ2n) is 5.64. The molecule has 3 aromatic rings. The average Bonchev–Trinajstić information content (AvgIpc) is 2.81. The normalized spacial score (nSPS) is 8.40. The van der Waals surface area contributed by atoms with E-state index in [1.807, 2.05) is 78.9 Å². The lowest BCUT2D eigenvalue weighted by molar-refractivity contribution is 0.562. The van der Waals surface area contributed by atoms with Crippen LogP contribution in [0.2, 0.25) is 0 Å². The predicted octanol–water partition coefficient (Wildman–Crippen LogP) is 4.74. The van der Waals surface area contributed by atoms with Gasteiger partial charge in [-0.25, -0.2) is 24.4 Å². The zero-order chi connectivity index (χ0) is 21.7. The fourth-order valence-electron chi connectivity index (χ4n) is 2.14. The van der Waals surface area contributed by atoms with Crippen LogP contribution >= 0.6 is 0 Å². The number of aliphatic imine (C=N–C) groups is 3. The molecule has 0 heterocycles. The van der Waals surface area contributed by atoms with Crippen LogP contribution in [0.5, 0.6) is 0 Å². The first-order chi connectivity index (χ1) is 14.8. The van der Waals surface area contributed by atoms with Crippen LogP contribution in [-0.2, 0) is 27.3 Å². The topological polar surface area (TPSA) is 88.3 Å². The molecule has 0 radical (unpaired) electrons. The average molecular weight is 399 g/mol. The lowest BCUT2D eigenvalue weighted by Gasteiger charge is -1.93. The second kappa shape index (κ2) is 16.9. The van der Waals surface area contributed by atoms with E-state index in [0.717, 1.165) is 12.0 Å². The molecule has 0 unspecified atom stereocenters. The smallest absolute Gasteiger partial charge is 0.211 e. The summed E-state index contributed by atoms with van der Waals surface area (Å²) in [6.07, 6.45) is 5.28. The number of nitrogens with zero attached hydrogens (tertiary/aromatic N) is 3. The molecule has 0 bridgehead atoms. The zero-order valence-corrected chi connectivity index (χ0v) is 16.3. The van der Waals surface area contributed by atoms with E-state index in [-0.39, 0.29) is 0 Å². The minimum Gasteiger partial charge on any atom is -0.211 e. The van der Waals surface area contributed by atoms with Crippen molar-refractivity contribution in [1.82, 2.24) is 0 Å². The van der Waals surface area contributed by atoms with Gasteiger partial charge in [0.05, 0.1) is 18.8 Å². The van der Waals surface area contributed by atoms with Crippen molar-refractivity contribution in [3.63, 3.8) is 0 Å². The molecule has 6 nitrogen and oxygen atoms in total. The molecule has 0 aliphatic heterocycles. The molecular weight excluding hydrogens is 378 g/mol. The van der Waals surface area contributed by atoms with Crippen LogP contribution in [0.25, 0.3) is 0 Å². The Balaban J connectivity index is 0.000000226. The van der Waals surface area contributed by atoms with Gasteiger partial charge in [-0.15, -0.1) is 0 Å². The standard InChI is InChI=1S/C9H9NO.C8H7NO.C7H5NO/c11-8-10-7-6-9-4-2-1-3-5-9;10-7-9-6-8-4-2-1-3-5-8;9-6-8-7-4-2-1-3-5-7/h1-5H,6-7H2;1-5H,6H2;1-5H. The predicted molar refractivity (Wildman–Crippen MR) is 116 cm³/mol. The molecule has 0 atom stereocenters. The van der Waals surface area contributed by atoms with Crippen molar-refractivity contribution in [3.05, 3.63) is 102 Å². The third kappa shape index (κ3) is 12.2. The fourth-order valence-corrected chi connectivity index (χ4v) is 2.14. The van der Waals surface area contributed by atoms with Crippen molar-refractivity contribution in [2.45, 2.75) is 13.0 Å². The van der Waals surface area contributed by atoms with Gasteiger partial charge in [0.25, 0.3) is 0 Å². The van der Waals surface area contributed by atoms with Crippen molar-refractivity contribution >= 4 is 23.9 Å². The van der Waals surface area contributed by atoms with E-state index >= 15 is 0 Å². The summed E-state index contributed by atoms with van der Waals surface area (Å²) in [7, 11) is 0. The highest BCUT2D eigenvalue weighted by molar-refractivity contribution is 5.47. The van der Waals surface area contributed by atoms with E-state index in [2.05, 4.69) is 15.0 Å². The summed E-state index contributed by atoms with van der Waals surface area (Å²) in [4.78, 5) is 39.4. The van der Waals surface area contributed by atoms with Gasteiger partial charge < -0.3 is 0 Å². The molecule has 0 aromatic heterocycles. The number of hydrogen-bond acceptors (Lipinski definition) is 6. The molecule has 0 aliphatic carbocycles. The van der Waals surface area contributed by atoms with Gasteiger partial charge in [0.15, 0.2) is 0 Å². The van der Waals surface area contributed by atoms with Gasteiger partial charge >= 0.3 is 0 Å². The third-order valence-electron chi connectivity index (χ3n) is 3.52. The molecule has 0 fully saturated rings. The molecule has 6 heteroatoms. The summed E-state index contributed by atoms with van der Waals surface area (Å²) in [6.45, 7) is 0.970. The first kappa shape index (κ1) is 23.8. The van der Waals surface area contributed by atoms with Crippen molar-refractivity contribution in [2.75, 3.05) is 6.54 Å². The zero-order valence-electron chi connectivity index (χ0n) is 16.3. The Morgan fingerprint density at radius 2 is 1.07 bits per heavy atom. The van der Waals surface area contributed by atoms with Crippen molar-refractivity contribution in [1.29, 1.82) is 0 Å². The molecule has 0 N–H and O–H groups in total. The highest BCUT2D eigenvalue weighted by Gasteiger charge is 1.87. The quantitative estimate of drug-likeness (QED) is 0.443. The van der Waals surface area contributed by atoms with Crippen molar-refractivity contribution < 1.29 is 14.4 Å². The van der Waals surface area contributed by atoms with Gasteiger partial charge in [-0.05, 0) is 29.7 Å². The number of rotatable bonds is 6. The molecule has 0 aliphatic rings. The lowest BCUT2D eigenvalue weighted by atomic mass is 10.2. The summed E-state index contributed by atoms with van der Waals surface area (Å²) in [5.74, 6) is 0. The highest BCUT2D eigenvalue weighted by atomic mass is 16.1. The molecule has 3 aromatic carbocycles. The lowest BCUT2D eigenvalue weighted by Crippen LogP contribution is -1.87. The maximum absolute atomic E-state index is 9.70. The van der Waals surface area contributed by atoms with Crippen LogP contribution in [0.15, 0.2) is 106 Å². The molecule has 0 amide bonds. The summed E-state index contributed by atoms with van der Waals surface area (Å²) in [5, 5.41) is 0. The van der Waals surface area contributed by atoms with Gasteiger partial charge in [0.2, 0.25) is 18.2 Å². The number of carbonyl (C=O) groups excluding carboxylic acids is 3. The molecule has 30 heavy (non-hydrogen) atoms. The van der Waals surface area contributed by atoms with Crippen LogP contribution in [0.3, 0.4) is 0 Å². The van der Waals surface area contributed by atoms with Crippen LogP contribution in [0.4, 0.5) is 5.69 Å². The first-order valence-electron chi connectivity index (χ1n) is 9.08. The monoisotopic (exact) mass is 399 g/mol. The van der Waals surface area contributed by atoms with E-state index in [1.165, 1.54) is 23.8 Å². The Morgan fingerprint density at radius 3 is 1.57 bits per heavy atom. The SMILES string of the molecule is O=C=NCCc1ccccc1.O=C=NCc1ccccc1.O=C=Nc1ccccc1. The van der Waals surface area contributed by atoms with Crippen LogP contribution < -0.4 is 0 Å². The number of isocyanates is 3. The van der Waals surface area contributed by atoms with Gasteiger partial charge in [0.1, 0.15) is 0 Å². The van der Waals surface area contributed by atoms with E-state index in [9.17, 15) is 14.4 Å². The van der Waals surface area contributed by atoms with Crippen molar-refractivity contribution in [2.24, 2.45) is 15.0 Å². The number of benzene rings is 3. The van der Waals surface area contributed by atoms with E-state index in [1.54, 1.807) is 12.1 Å². The van der Waals surface area contributed by atoms with Gasteiger partial charge in [0, 0.05) is 0 Å². The van der Waals surface area contributed by atoms with E-state index < -0.39 is 0 Å².